The summed E-state index contributed by atoms with van der Waals surface area (Å²) in [7, 11) is -10.0. The molecule has 634 valence electrons. The van der Waals surface area contributed by atoms with Crippen LogP contribution in [-0.2, 0) is 65.4 Å². The normalized spacial score (nSPS) is 14.7. The Labute approximate surface area is 678 Å². The summed E-state index contributed by atoms with van der Waals surface area (Å²) in [6.07, 6.45) is 102. The van der Waals surface area contributed by atoms with Crippen LogP contribution in [0.4, 0.5) is 0 Å². The molecule has 0 saturated heterocycles. The average molecular weight is 1600 g/mol. The molecule has 0 aromatic rings. The number of rotatable bonds is 78. The summed E-state index contributed by atoms with van der Waals surface area (Å²) in [4.78, 5) is 73.3. The maximum Gasteiger partial charge on any atom is 0.472 e. The molecular formula is C93H150O17P2. The Morgan fingerprint density at radius 2 is 0.464 bits per heavy atom. The van der Waals surface area contributed by atoms with Crippen molar-refractivity contribution in [1.82, 2.24) is 0 Å². The lowest BCUT2D eigenvalue weighted by molar-refractivity contribution is -0.161. The fraction of sp³-hybridized carbons (Fsp3) is 0.613. The molecule has 0 aliphatic rings. The predicted molar refractivity (Wildman–Crippen MR) is 463 cm³/mol. The van der Waals surface area contributed by atoms with Crippen molar-refractivity contribution in [3.63, 3.8) is 0 Å². The van der Waals surface area contributed by atoms with Crippen LogP contribution < -0.4 is 0 Å². The molecule has 112 heavy (non-hydrogen) atoms. The molecule has 19 heteroatoms. The summed E-state index contributed by atoms with van der Waals surface area (Å²) in [6, 6.07) is 0. The third-order valence-electron chi connectivity index (χ3n) is 17.0. The van der Waals surface area contributed by atoms with Crippen molar-refractivity contribution in [3.05, 3.63) is 194 Å². The van der Waals surface area contributed by atoms with Gasteiger partial charge in [-0.3, -0.25) is 37.3 Å². The van der Waals surface area contributed by atoms with E-state index < -0.39 is 97.5 Å². The number of aliphatic hydroxyl groups is 1. The number of allylic oxidation sites excluding steroid dienone is 32. The molecule has 5 unspecified atom stereocenters. The molecule has 0 heterocycles. The zero-order chi connectivity index (χ0) is 81.7. The molecule has 17 nitrogen and oxygen atoms in total. The largest absolute Gasteiger partial charge is 0.472 e. The van der Waals surface area contributed by atoms with Crippen molar-refractivity contribution in [2.24, 2.45) is 0 Å². The second kappa shape index (κ2) is 82.9. The molecule has 0 saturated carbocycles. The number of ether oxygens (including phenoxy) is 4. The van der Waals surface area contributed by atoms with Gasteiger partial charge in [-0.25, -0.2) is 9.13 Å². The Hall–Kier alpha value is -6.10. The van der Waals surface area contributed by atoms with Crippen LogP contribution in [0.2, 0.25) is 0 Å². The number of hydrogen-bond donors (Lipinski definition) is 3. The molecule has 0 amide bonds. The van der Waals surface area contributed by atoms with E-state index in [-0.39, 0.29) is 25.7 Å². The minimum Gasteiger partial charge on any atom is -0.462 e. The lowest BCUT2D eigenvalue weighted by Crippen LogP contribution is -2.30. The van der Waals surface area contributed by atoms with E-state index >= 15 is 0 Å². The zero-order valence-electron chi connectivity index (χ0n) is 69.5. The second-order valence-electron chi connectivity index (χ2n) is 27.6. The quantitative estimate of drug-likeness (QED) is 0.0169. The van der Waals surface area contributed by atoms with E-state index in [1.54, 1.807) is 0 Å². The molecule has 0 fully saturated rings. The molecule has 0 aliphatic carbocycles. The van der Waals surface area contributed by atoms with E-state index in [1.165, 1.54) is 19.3 Å². The van der Waals surface area contributed by atoms with Crippen molar-refractivity contribution in [3.8, 4) is 0 Å². The Kier molecular flexibility index (Phi) is 78.4. The summed E-state index contributed by atoms with van der Waals surface area (Å²) >= 11 is 0. The Balaban J connectivity index is 5.49. The minimum absolute atomic E-state index is 0.0310. The van der Waals surface area contributed by atoms with Crippen molar-refractivity contribution >= 4 is 39.5 Å². The molecule has 0 rings (SSSR count). The maximum atomic E-state index is 13.2. The summed E-state index contributed by atoms with van der Waals surface area (Å²) in [6.45, 7) is 4.39. The number of phosphoric ester groups is 2. The monoisotopic (exact) mass is 1600 g/mol. The average Bonchev–Trinajstić information content (AvgIpc) is 0.898. The van der Waals surface area contributed by atoms with Gasteiger partial charge < -0.3 is 33.8 Å². The zero-order valence-corrected chi connectivity index (χ0v) is 71.3. The number of hydrogen-bond acceptors (Lipinski definition) is 15. The highest BCUT2D eigenvalue weighted by Crippen LogP contribution is 2.45. The van der Waals surface area contributed by atoms with Gasteiger partial charge in [0, 0.05) is 25.7 Å². The first kappa shape index (κ1) is 106. The van der Waals surface area contributed by atoms with Gasteiger partial charge in [-0.1, -0.05) is 293 Å². The summed E-state index contributed by atoms with van der Waals surface area (Å²) in [5.74, 6) is -2.30. The molecule has 0 aromatic heterocycles. The summed E-state index contributed by atoms with van der Waals surface area (Å²) in [5, 5.41) is 10.7. The van der Waals surface area contributed by atoms with Gasteiger partial charge in [0.15, 0.2) is 12.2 Å². The molecular weight excluding hydrogens is 1450 g/mol. The lowest BCUT2D eigenvalue weighted by atomic mass is 10.1. The SMILES string of the molecule is CC/C=C\C/C=C\C/C=C\C/C=C\C/C=C\CCCCCC(=O)OCC(COP(=O)(O)OCC(O)COP(=O)(O)OCC(COC(=O)CCCCCCCC/C=C\C/C=C\C/C=C\C/C=C\CC)OC(=O)CCCC/C=C\C/C=C\C/C=C\C/C=C\CC)OC(=O)CCCCCCCC/C=C\C/C=C\C/C=C\CCCCC. The van der Waals surface area contributed by atoms with Crippen LogP contribution in [0.1, 0.15) is 310 Å². The highest BCUT2D eigenvalue weighted by atomic mass is 31.2. The van der Waals surface area contributed by atoms with Crippen LogP contribution in [0.5, 0.6) is 0 Å². The van der Waals surface area contributed by atoms with E-state index in [0.29, 0.717) is 32.1 Å². The number of esters is 4. The van der Waals surface area contributed by atoms with Gasteiger partial charge in [-0.05, 0) is 186 Å². The van der Waals surface area contributed by atoms with Crippen molar-refractivity contribution in [2.75, 3.05) is 39.6 Å². The predicted octanol–water partition coefficient (Wildman–Crippen LogP) is 25.7. The molecule has 0 aromatic carbocycles. The van der Waals surface area contributed by atoms with Crippen molar-refractivity contribution in [2.45, 2.75) is 329 Å². The minimum atomic E-state index is -5.01. The Bertz CT molecular complexity index is 2890. The van der Waals surface area contributed by atoms with Crippen LogP contribution in [-0.4, -0.2) is 96.7 Å². The van der Waals surface area contributed by atoms with Crippen LogP contribution in [0, 0.1) is 0 Å². The van der Waals surface area contributed by atoms with E-state index in [4.69, 9.17) is 37.0 Å². The van der Waals surface area contributed by atoms with Gasteiger partial charge in [-0.2, -0.15) is 0 Å². The fourth-order valence-electron chi connectivity index (χ4n) is 10.6. The number of carbonyl (C=O) groups is 4. The van der Waals surface area contributed by atoms with Crippen molar-refractivity contribution < 1.29 is 80.2 Å². The Morgan fingerprint density at radius 1 is 0.259 bits per heavy atom. The standard InChI is InChI=1S/C93H150O17P2/c1-5-9-13-17-21-25-29-33-37-40-43-46-50-53-57-61-65-69-73-77-90(95)103-83-88(109-92(97)79-75-71-67-63-59-55-49-36-32-28-24-20-16-12-8-4)85-107-111(99,100)105-81-87(94)82-106-112(101,102)108-86-89(110-93(98)80-76-72-68-64-60-56-52-48-45-42-39-35-31-27-23-19-15-11-7-3)84-104-91(96)78-74-70-66-62-58-54-51-47-44-41-38-34-30-26-22-18-14-10-6-2/h9-10,12-14,16,21-28,33-39,43-49,54,58-59,63,87-89,94H,5-8,11,15,17-20,29-32,40-42,50-53,55-57,60-62,64-86H2,1-4H3,(H,99,100)(H,101,102)/b13-9-,14-10-,16-12-,25-21-,26-22-,27-23-,28-24-,37-33-,38-34-,39-35-,46-43-,47-44-,48-45-,49-36-,58-54-,63-59-. The molecule has 0 aliphatic heterocycles. The van der Waals surface area contributed by atoms with Crippen LogP contribution in [0.3, 0.4) is 0 Å². The van der Waals surface area contributed by atoms with E-state index in [1.807, 2.05) is 0 Å². The maximum absolute atomic E-state index is 13.2. The lowest BCUT2D eigenvalue weighted by Gasteiger charge is -2.21. The number of unbranched alkanes of at least 4 members (excludes halogenated alkanes) is 20. The third kappa shape index (κ3) is 81.9. The molecule has 3 N–H and O–H groups in total. The first-order chi connectivity index (χ1) is 54.7. The fourth-order valence-corrected chi connectivity index (χ4v) is 12.2. The first-order valence-electron chi connectivity index (χ1n) is 42.7. The smallest absolute Gasteiger partial charge is 0.462 e. The Morgan fingerprint density at radius 3 is 0.741 bits per heavy atom. The molecule has 0 radical (unpaired) electrons. The van der Waals surface area contributed by atoms with Crippen LogP contribution >= 0.6 is 15.6 Å². The number of phosphoric acid groups is 2. The number of aliphatic hydroxyl groups excluding tert-OH is 1. The molecule has 0 bridgehead atoms. The van der Waals surface area contributed by atoms with Gasteiger partial charge in [0.1, 0.15) is 19.3 Å². The summed E-state index contributed by atoms with van der Waals surface area (Å²) in [5.41, 5.74) is 0. The van der Waals surface area contributed by atoms with Crippen molar-refractivity contribution in [1.29, 1.82) is 0 Å². The highest BCUT2D eigenvalue weighted by molar-refractivity contribution is 7.47. The number of carbonyl (C=O) groups excluding carboxylic acids is 4. The van der Waals surface area contributed by atoms with Gasteiger partial charge >= 0.3 is 39.5 Å². The molecule has 5 atom stereocenters. The highest BCUT2D eigenvalue weighted by Gasteiger charge is 2.30. The first-order valence-corrected chi connectivity index (χ1v) is 45.7. The van der Waals surface area contributed by atoms with E-state index in [9.17, 15) is 43.2 Å². The van der Waals surface area contributed by atoms with E-state index in [0.717, 1.165) is 205 Å². The van der Waals surface area contributed by atoms with Gasteiger partial charge in [-0.15, -0.1) is 0 Å². The third-order valence-corrected chi connectivity index (χ3v) is 18.9. The molecule has 0 spiro atoms. The van der Waals surface area contributed by atoms with Gasteiger partial charge in [0.2, 0.25) is 0 Å². The van der Waals surface area contributed by atoms with E-state index in [2.05, 4.69) is 222 Å². The van der Waals surface area contributed by atoms with Crippen LogP contribution in [0.15, 0.2) is 194 Å². The summed E-state index contributed by atoms with van der Waals surface area (Å²) < 4.78 is 68.7. The van der Waals surface area contributed by atoms with Gasteiger partial charge in [0.25, 0.3) is 0 Å². The van der Waals surface area contributed by atoms with Crippen LogP contribution in [0.25, 0.3) is 0 Å². The van der Waals surface area contributed by atoms with Gasteiger partial charge in [0.05, 0.1) is 26.4 Å². The topological polar surface area (TPSA) is 237 Å². The second-order valence-corrected chi connectivity index (χ2v) is 30.5.